The molecule has 1 fully saturated rings. The van der Waals surface area contributed by atoms with E-state index in [1.54, 1.807) is 13.2 Å². The molecule has 1 heterocycles. The van der Waals surface area contributed by atoms with Crippen LogP contribution in [-0.2, 0) is 26.4 Å². The van der Waals surface area contributed by atoms with Crippen LogP contribution in [0, 0.1) is 0 Å². The molecule has 2 aromatic rings. The van der Waals surface area contributed by atoms with E-state index in [0.717, 1.165) is 29.9 Å². The van der Waals surface area contributed by atoms with Crippen LogP contribution in [0.4, 0.5) is 0 Å². The number of thioether (sulfide) groups is 1. The molecule has 3 rings (SSSR count). The summed E-state index contributed by atoms with van der Waals surface area (Å²) in [6, 6.07) is 15.7. The van der Waals surface area contributed by atoms with Crippen LogP contribution in [0.15, 0.2) is 48.5 Å². The molecule has 0 bridgehead atoms. The highest BCUT2D eigenvalue weighted by Crippen LogP contribution is 2.29. The molecule has 28 heavy (non-hydrogen) atoms. The van der Waals surface area contributed by atoms with Crippen LogP contribution in [0.2, 0.25) is 0 Å². The monoisotopic (exact) mass is 402 g/mol. The molecular formula is C22H26O5S. The minimum atomic E-state index is -0.310. The summed E-state index contributed by atoms with van der Waals surface area (Å²) in [4.78, 5) is 11.7. The van der Waals surface area contributed by atoms with E-state index in [9.17, 15) is 4.79 Å². The van der Waals surface area contributed by atoms with Gasteiger partial charge in [-0.2, -0.15) is 0 Å². The second-order valence-electron chi connectivity index (χ2n) is 6.54. The average molecular weight is 403 g/mol. The zero-order valence-electron chi connectivity index (χ0n) is 16.3. The molecule has 0 aromatic heterocycles. The largest absolute Gasteiger partial charge is 0.497 e. The topological polar surface area (TPSA) is 54.0 Å². The highest BCUT2D eigenvalue weighted by atomic mass is 32.2. The third kappa shape index (κ3) is 5.74. The van der Waals surface area contributed by atoms with Gasteiger partial charge in [0, 0.05) is 5.75 Å². The summed E-state index contributed by atoms with van der Waals surface area (Å²) >= 11 is 1.84. The summed E-state index contributed by atoms with van der Waals surface area (Å²) in [5.41, 5.74) is 2.92. The Kier molecular flexibility index (Phi) is 7.77. The van der Waals surface area contributed by atoms with Gasteiger partial charge in [0.25, 0.3) is 0 Å². The molecule has 6 heteroatoms. The highest BCUT2D eigenvalue weighted by molar-refractivity contribution is 7.99. The molecule has 0 amide bonds. The second kappa shape index (κ2) is 10.5. The number of carbonyl (C=O) groups excluding carboxylic acids is 1. The molecule has 1 aliphatic rings. The summed E-state index contributed by atoms with van der Waals surface area (Å²) in [6.07, 6.45) is 1.55. The van der Waals surface area contributed by atoms with Gasteiger partial charge in [-0.05, 0) is 48.2 Å². The SMILES string of the molecule is COC(=O)c1cccc(CCC(SCc2ccc(OC)cc2)C2OCCO2)c1. The maximum Gasteiger partial charge on any atom is 0.337 e. The smallest absolute Gasteiger partial charge is 0.337 e. The van der Waals surface area contributed by atoms with E-state index < -0.39 is 0 Å². The number of ether oxygens (including phenoxy) is 4. The van der Waals surface area contributed by atoms with Crippen molar-refractivity contribution < 1.29 is 23.7 Å². The highest BCUT2D eigenvalue weighted by Gasteiger charge is 2.27. The Balaban J connectivity index is 1.61. The molecule has 150 valence electrons. The lowest BCUT2D eigenvalue weighted by Crippen LogP contribution is -2.25. The fraction of sp³-hybridized carbons (Fsp3) is 0.409. The van der Waals surface area contributed by atoms with Crippen molar-refractivity contribution in [3.63, 3.8) is 0 Å². The van der Waals surface area contributed by atoms with Crippen LogP contribution in [-0.4, -0.2) is 44.9 Å². The number of carbonyl (C=O) groups is 1. The number of aryl methyl sites for hydroxylation is 1. The van der Waals surface area contributed by atoms with Crippen molar-refractivity contribution in [2.45, 2.75) is 30.1 Å². The van der Waals surface area contributed by atoms with E-state index in [2.05, 4.69) is 12.1 Å². The third-order valence-electron chi connectivity index (χ3n) is 4.64. The first kappa shape index (κ1) is 20.7. The Bertz CT molecular complexity index is 756. The van der Waals surface area contributed by atoms with Gasteiger partial charge in [-0.3, -0.25) is 0 Å². The lowest BCUT2D eigenvalue weighted by molar-refractivity contribution is -0.0428. The van der Waals surface area contributed by atoms with Crippen LogP contribution < -0.4 is 4.74 Å². The Morgan fingerprint density at radius 1 is 1.11 bits per heavy atom. The summed E-state index contributed by atoms with van der Waals surface area (Å²) in [5, 5.41) is 0.214. The van der Waals surface area contributed by atoms with Crippen molar-refractivity contribution in [2.24, 2.45) is 0 Å². The first-order chi connectivity index (χ1) is 13.7. The number of esters is 1. The third-order valence-corrected chi connectivity index (χ3v) is 6.03. The Labute approximate surface area is 170 Å². The Hall–Kier alpha value is -2.02. The van der Waals surface area contributed by atoms with E-state index in [4.69, 9.17) is 18.9 Å². The molecule has 0 aliphatic carbocycles. The van der Waals surface area contributed by atoms with Gasteiger partial charge in [0.2, 0.25) is 0 Å². The summed E-state index contributed by atoms with van der Waals surface area (Å²) in [7, 11) is 3.07. The van der Waals surface area contributed by atoms with E-state index in [-0.39, 0.29) is 17.5 Å². The fourth-order valence-electron chi connectivity index (χ4n) is 3.09. The van der Waals surface area contributed by atoms with Crippen LogP contribution in [0.25, 0.3) is 0 Å². The molecule has 5 nitrogen and oxygen atoms in total. The minimum absolute atomic E-state index is 0.188. The molecule has 1 saturated heterocycles. The van der Waals surface area contributed by atoms with E-state index >= 15 is 0 Å². The fourth-order valence-corrected chi connectivity index (χ4v) is 4.29. The summed E-state index contributed by atoms with van der Waals surface area (Å²) in [5.74, 6) is 1.42. The number of benzene rings is 2. The van der Waals surface area contributed by atoms with E-state index in [1.807, 2.05) is 42.1 Å². The maximum atomic E-state index is 11.7. The second-order valence-corrected chi connectivity index (χ2v) is 7.77. The number of hydrogen-bond donors (Lipinski definition) is 0. The molecule has 0 spiro atoms. The van der Waals surface area contributed by atoms with Gasteiger partial charge < -0.3 is 18.9 Å². The van der Waals surface area contributed by atoms with Gasteiger partial charge in [-0.15, -0.1) is 11.8 Å². The molecular weight excluding hydrogens is 376 g/mol. The van der Waals surface area contributed by atoms with Crippen molar-refractivity contribution in [3.05, 3.63) is 65.2 Å². The zero-order valence-corrected chi connectivity index (χ0v) is 17.1. The first-order valence-corrected chi connectivity index (χ1v) is 10.4. The molecule has 0 saturated carbocycles. The van der Waals surface area contributed by atoms with Crippen LogP contribution >= 0.6 is 11.8 Å². The number of methoxy groups -OCH3 is 2. The lowest BCUT2D eigenvalue weighted by Gasteiger charge is -2.22. The van der Waals surface area contributed by atoms with Crippen molar-refractivity contribution in [1.82, 2.24) is 0 Å². The van der Waals surface area contributed by atoms with Crippen LogP contribution in [0.5, 0.6) is 5.75 Å². The molecule has 1 aliphatic heterocycles. The summed E-state index contributed by atoms with van der Waals surface area (Å²) in [6.45, 7) is 1.28. The first-order valence-electron chi connectivity index (χ1n) is 9.34. The van der Waals surface area contributed by atoms with Crippen LogP contribution in [0.1, 0.15) is 27.9 Å². The predicted molar refractivity (Wildman–Crippen MR) is 110 cm³/mol. The van der Waals surface area contributed by atoms with Gasteiger partial charge in [0.15, 0.2) is 6.29 Å². The minimum Gasteiger partial charge on any atom is -0.497 e. The van der Waals surface area contributed by atoms with Gasteiger partial charge in [0.1, 0.15) is 5.75 Å². The average Bonchev–Trinajstić information content (AvgIpc) is 3.28. The summed E-state index contributed by atoms with van der Waals surface area (Å²) < 4.78 is 21.6. The number of hydrogen-bond acceptors (Lipinski definition) is 6. The molecule has 0 N–H and O–H groups in total. The Morgan fingerprint density at radius 3 is 2.54 bits per heavy atom. The van der Waals surface area contributed by atoms with Crippen LogP contribution in [0.3, 0.4) is 0 Å². The lowest BCUT2D eigenvalue weighted by atomic mass is 10.0. The molecule has 1 atom stereocenters. The van der Waals surface area contributed by atoms with E-state index in [0.29, 0.717) is 18.8 Å². The molecule has 2 aromatic carbocycles. The van der Waals surface area contributed by atoms with Gasteiger partial charge >= 0.3 is 5.97 Å². The van der Waals surface area contributed by atoms with Gasteiger partial charge in [-0.25, -0.2) is 4.79 Å². The normalized spacial score (nSPS) is 15.4. The Morgan fingerprint density at radius 2 is 1.86 bits per heavy atom. The zero-order chi connectivity index (χ0) is 19.8. The van der Waals surface area contributed by atoms with Crippen molar-refractivity contribution in [2.75, 3.05) is 27.4 Å². The molecule has 0 radical (unpaired) electrons. The number of rotatable bonds is 9. The maximum absolute atomic E-state index is 11.7. The predicted octanol–water partition coefficient (Wildman–Crippen LogP) is 4.09. The van der Waals surface area contributed by atoms with E-state index in [1.165, 1.54) is 12.7 Å². The molecule has 1 unspecified atom stereocenters. The van der Waals surface area contributed by atoms with Gasteiger partial charge in [-0.1, -0.05) is 24.3 Å². The van der Waals surface area contributed by atoms with Crippen molar-refractivity contribution in [3.8, 4) is 5.75 Å². The quantitative estimate of drug-likeness (QED) is 0.589. The van der Waals surface area contributed by atoms with Gasteiger partial charge in [0.05, 0.1) is 38.2 Å². The van der Waals surface area contributed by atoms with Crippen molar-refractivity contribution >= 4 is 17.7 Å². The van der Waals surface area contributed by atoms with Crippen molar-refractivity contribution in [1.29, 1.82) is 0 Å². The standard InChI is InChI=1S/C22H26O5S/c1-24-19-9-6-17(7-10-19)15-28-20(22-26-12-13-27-22)11-8-16-4-3-5-18(14-16)21(23)25-2/h3-7,9-10,14,20,22H,8,11-13,15H2,1-2H3.